The molecule has 8 nitrogen and oxygen atoms in total. The van der Waals surface area contributed by atoms with Crippen molar-refractivity contribution in [2.45, 2.75) is 77.4 Å². The first-order valence-corrected chi connectivity index (χ1v) is 12.7. The van der Waals surface area contributed by atoms with Gasteiger partial charge in [-0.05, 0) is 68.8 Å². The number of hydrogen-bond donors (Lipinski definition) is 2. The summed E-state index contributed by atoms with van der Waals surface area (Å²) in [6, 6.07) is 4.78. The van der Waals surface area contributed by atoms with Crippen LogP contribution in [0.5, 0.6) is 5.75 Å². The number of carbonyl (C=O) groups is 2. The van der Waals surface area contributed by atoms with Gasteiger partial charge in [-0.1, -0.05) is 13.8 Å². The molecule has 0 saturated carbocycles. The number of nitrogens with one attached hydrogen (secondary N) is 2. The van der Waals surface area contributed by atoms with Crippen molar-refractivity contribution in [3.63, 3.8) is 0 Å². The zero-order valence-corrected chi connectivity index (χ0v) is 20.9. The molecule has 9 heteroatoms. The Balaban J connectivity index is 1.39. The Labute approximate surface area is 206 Å². The van der Waals surface area contributed by atoms with Gasteiger partial charge in [0.15, 0.2) is 0 Å². The third kappa shape index (κ3) is 5.83. The lowest BCUT2D eigenvalue weighted by molar-refractivity contribution is -0.133. The molecule has 1 unspecified atom stereocenters. The molecule has 0 bridgehead atoms. The normalized spacial score (nSPS) is 19.6. The summed E-state index contributed by atoms with van der Waals surface area (Å²) in [4.78, 5) is 25.9. The van der Waals surface area contributed by atoms with Crippen LogP contribution in [-0.4, -0.2) is 52.7 Å². The van der Waals surface area contributed by atoms with Crippen LogP contribution in [0.2, 0.25) is 0 Å². The number of ether oxygens (including phenoxy) is 1. The van der Waals surface area contributed by atoms with Gasteiger partial charge in [-0.3, -0.25) is 24.5 Å². The number of anilines is 1. The first-order chi connectivity index (χ1) is 16.9. The highest BCUT2D eigenvalue weighted by atomic mass is 19.1. The first-order valence-electron chi connectivity index (χ1n) is 12.7. The predicted octanol–water partition coefficient (Wildman–Crippen LogP) is 3.60. The predicted molar refractivity (Wildman–Crippen MR) is 132 cm³/mol. The monoisotopic (exact) mass is 485 g/mol. The van der Waals surface area contributed by atoms with E-state index in [1.54, 1.807) is 6.07 Å². The Morgan fingerprint density at radius 1 is 1.17 bits per heavy atom. The highest BCUT2D eigenvalue weighted by molar-refractivity contribution is 6.01. The van der Waals surface area contributed by atoms with E-state index in [0.29, 0.717) is 23.4 Å². The van der Waals surface area contributed by atoms with Gasteiger partial charge in [0, 0.05) is 31.3 Å². The molecular formula is C26H36FN5O3. The average molecular weight is 486 g/mol. The third-order valence-electron chi connectivity index (χ3n) is 7.01. The van der Waals surface area contributed by atoms with Crippen molar-refractivity contribution in [1.82, 2.24) is 20.0 Å². The van der Waals surface area contributed by atoms with Crippen molar-refractivity contribution in [2.75, 3.05) is 25.5 Å². The van der Waals surface area contributed by atoms with Crippen LogP contribution in [-0.2, 0) is 29.1 Å². The second-order valence-corrected chi connectivity index (χ2v) is 9.48. The van der Waals surface area contributed by atoms with Crippen LogP contribution in [0.1, 0.15) is 68.8 Å². The fourth-order valence-electron chi connectivity index (χ4n) is 5.10. The summed E-state index contributed by atoms with van der Waals surface area (Å²) in [6.45, 7) is 7.84. The van der Waals surface area contributed by atoms with Gasteiger partial charge in [0.05, 0.1) is 18.5 Å². The highest BCUT2D eigenvalue weighted by Gasteiger charge is 2.29. The number of amides is 2. The number of piperidine rings is 2. The number of aromatic nitrogens is 2. The molecule has 0 radical (unpaired) electrons. The molecule has 3 heterocycles. The Bertz CT molecular complexity index is 1060. The lowest BCUT2D eigenvalue weighted by Crippen LogP contribution is -2.47. The van der Waals surface area contributed by atoms with Crippen molar-refractivity contribution in [2.24, 2.45) is 0 Å². The number of imide groups is 1. The molecular weight excluding hydrogens is 449 g/mol. The molecule has 2 fully saturated rings. The smallest absolute Gasteiger partial charge is 0.249 e. The summed E-state index contributed by atoms with van der Waals surface area (Å²) < 4.78 is 22.8. The standard InChI is InChI=1S/C26H36FN5O3/c1-4-10-32-19(5-2)13-18(30-32)16-31-11-8-17(9-12-31)20-14-24(35-3)23(15-21(20)27)28-22-6-7-25(33)29-26(22)34/h13-15,17,22,28H,4-12,16H2,1-3H3,(H,29,33,34). The fraction of sp³-hybridized carbons (Fsp3) is 0.577. The Kier molecular flexibility index (Phi) is 8.05. The van der Waals surface area contributed by atoms with E-state index in [1.807, 2.05) is 0 Å². The van der Waals surface area contributed by atoms with E-state index in [4.69, 9.17) is 9.84 Å². The maximum atomic E-state index is 15.2. The first kappa shape index (κ1) is 25.2. The van der Waals surface area contributed by atoms with Gasteiger partial charge in [0.25, 0.3) is 0 Å². The summed E-state index contributed by atoms with van der Waals surface area (Å²) in [7, 11) is 1.54. The van der Waals surface area contributed by atoms with E-state index >= 15 is 4.39 Å². The molecule has 2 aliphatic heterocycles. The number of benzene rings is 1. The van der Waals surface area contributed by atoms with E-state index in [-0.39, 0.29) is 24.1 Å². The van der Waals surface area contributed by atoms with Crippen LogP contribution in [0.15, 0.2) is 18.2 Å². The van der Waals surface area contributed by atoms with E-state index in [0.717, 1.165) is 57.6 Å². The molecule has 2 amide bonds. The minimum absolute atomic E-state index is 0.105. The summed E-state index contributed by atoms with van der Waals surface area (Å²) in [5.74, 6) is -0.376. The minimum Gasteiger partial charge on any atom is -0.495 e. The number of likely N-dealkylation sites (tertiary alicyclic amines) is 1. The van der Waals surface area contributed by atoms with Gasteiger partial charge in [0.1, 0.15) is 17.6 Å². The summed E-state index contributed by atoms with van der Waals surface area (Å²) in [6.07, 6.45) is 4.38. The highest BCUT2D eigenvalue weighted by Crippen LogP contribution is 2.37. The number of rotatable bonds is 9. The van der Waals surface area contributed by atoms with Crippen molar-refractivity contribution < 1.29 is 18.7 Å². The molecule has 35 heavy (non-hydrogen) atoms. The zero-order chi connectivity index (χ0) is 24.9. The number of carbonyl (C=O) groups excluding carboxylic acids is 2. The van der Waals surface area contributed by atoms with Crippen molar-refractivity contribution >= 4 is 17.5 Å². The molecule has 0 spiro atoms. The van der Waals surface area contributed by atoms with Crippen LogP contribution in [0.4, 0.5) is 10.1 Å². The maximum Gasteiger partial charge on any atom is 0.249 e. The van der Waals surface area contributed by atoms with E-state index in [1.165, 1.54) is 18.9 Å². The van der Waals surface area contributed by atoms with Crippen LogP contribution in [0, 0.1) is 5.82 Å². The van der Waals surface area contributed by atoms with Crippen LogP contribution < -0.4 is 15.4 Å². The van der Waals surface area contributed by atoms with Gasteiger partial charge in [-0.25, -0.2) is 4.39 Å². The Morgan fingerprint density at radius 2 is 1.94 bits per heavy atom. The number of aryl methyl sites for hydroxylation is 2. The molecule has 2 saturated heterocycles. The van der Waals surface area contributed by atoms with Crippen LogP contribution in [0.25, 0.3) is 0 Å². The lowest BCUT2D eigenvalue weighted by atomic mass is 9.88. The molecule has 2 aromatic rings. The fourth-order valence-corrected chi connectivity index (χ4v) is 5.10. The SMILES string of the molecule is CCCn1nc(CN2CCC(c3cc(OC)c(NC4CCC(=O)NC4=O)cc3F)CC2)cc1CC. The van der Waals surface area contributed by atoms with E-state index in [2.05, 4.69) is 40.1 Å². The molecule has 2 aliphatic rings. The number of nitrogens with zero attached hydrogens (tertiary/aromatic N) is 3. The molecule has 190 valence electrons. The van der Waals surface area contributed by atoms with Crippen molar-refractivity contribution in [3.8, 4) is 5.75 Å². The Morgan fingerprint density at radius 3 is 2.60 bits per heavy atom. The molecule has 1 atom stereocenters. The van der Waals surface area contributed by atoms with Gasteiger partial charge in [-0.2, -0.15) is 5.10 Å². The molecule has 2 N–H and O–H groups in total. The Hall–Kier alpha value is -2.94. The molecule has 1 aromatic carbocycles. The lowest BCUT2D eigenvalue weighted by Gasteiger charge is -2.32. The minimum atomic E-state index is -0.593. The largest absolute Gasteiger partial charge is 0.495 e. The van der Waals surface area contributed by atoms with Crippen molar-refractivity contribution in [3.05, 3.63) is 41.0 Å². The average Bonchev–Trinajstić information content (AvgIpc) is 3.23. The van der Waals surface area contributed by atoms with E-state index < -0.39 is 11.9 Å². The number of halogens is 1. The van der Waals surface area contributed by atoms with Gasteiger partial charge in [-0.15, -0.1) is 0 Å². The topological polar surface area (TPSA) is 88.5 Å². The van der Waals surface area contributed by atoms with Gasteiger partial charge < -0.3 is 10.1 Å². The molecule has 1 aromatic heterocycles. The quantitative estimate of drug-likeness (QED) is 0.528. The van der Waals surface area contributed by atoms with Crippen molar-refractivity contribution in [1.29, 1.82) is 0 Å². The number of hydrogen-bond acceptors (Lipinski definition) is 6. The third-order valence-corrected chi connectivity index (χ3v) is 7.01. The molecule has 4 rings (SSSR count). The summed E-state index contributed by atoms with van der Waals surface area (Å²) in [5.41, 5.74) is 3.45. The van der Waals surface area contributed by atoms with Gasteiger partial charge in [0.2, 0.25) is 11.8 Å². The van der Waals surface area contributed by atoms with Crippen LogP contribution >= 0.6 is 0 Å². The molecule has 0 aliphatic carbocycles. The van der Waals surface area contributed by atoms with E-state index in [9.17, 15) is 9.59 Å². The maximum absolute atomic E-state index is 15.2. The van der Waals surface area contributed by atoms with Crippen LogP contribution in [0.3, 0.4) is 0 Å². The summed E-state index contributed by atoms with van der Waals surface area (Å²) in [5, 5.41) is 10.2. The number of methoxy groups -OCH3 is 1. The summed E-state index contributed by atoms with van der Waals surface area (Å²) >= 11 is 0. The second-order valence-electron chi connectivity index (χ2n) is 9.48. The van der Waals surface area contributed by atoms with Gasteiger partial charge >= 0.3 is 0 Å². The zero-order valence-electron chi connectivity index (χ0n) is 20.9. The second kappa shape index (κ2) is 11.2.